The van der Waals surface area contributed by atoms with E-state index in [2.05, 4.69) is 15.8 Å². The van der Waals surface area contributed by atoms with Gasteiger partial charge in [0.2, 0.25) is 15.9 Å². The maximum absolute atomic E-state index is 12.7. The number of aryl methyl sites for hydroxylation is 1. The molecule has 2 N–H and O–H groups in total. The fourth-order valence-electron chi connectivity index (χ4n) is 3.69. The highest BCUT2D eigenvalue weighted by atomic mass is 32.2. The molecular weight excluding hydrogens is 460 g/mol. The molecule has 3 aromatic rings. The van der Waals surface area contributed by atoms with Crippen molar-refractivity contribution in [2.75, 3.05) is 13.1 Å². The maximum atomic E-state index is 12.7. The van der Waals surface area contributed by atoms with Crippen molar-refractivity contribution in [3.8, 4) is 10.6 Å². The molecule has 33 heavy (non-hydrogen) atoms. The summed E-state index contributed by atoms with van der Waals surface area (Å²) < 4.78 is 26.9. The Labute approximate surface area is 196 Å². The molecule has 2 aromatic carbocycles. The number of rotatable bonds is 5. The molecule has 8 nitrogen and oxygen atoms in total. The van der Waals surface area contributed by atoms with Gasteiger partial charge in [-0.3, -0.25) is 20.4 Å². The minimum atomic E-state index is -3.57. The molecule has 0 radical (unpaired) electrons. The standard InChI is InChI=1S/C23H24N4O4S2/c1-16-20(32-23(24-16)18-8-4-2-5-9-18)22(29)26-25-21(28)17-12-14-27(15-13-17)33(30,31)19-10-6-3-7-11-19/h2-11,17H,12-15H2,1H3,(H,25,28)(H,26,29). The first-order chi connectivity index (χ1) is 15.9. The largest absolute Gasteiger partial charge is 0.281 e. The van der Waals surface area contributed by atoms with Gasteiger partial charge in [-0.1, -0.05) is 48.5 Å². The number of hydrazine groups is 1. The Kier molecular flexibility index (Phi) is 6.87. The highest BCUT2D eigenvalue weighted by Gasteiger charge is 2.32. The highest BCUT2D eigenvalue weighted by Crippen LogP contribution is 2.28. The van der Waals surface area contributed by atoms with Crippen molar-refractivity contribution in [3.05, 3.63) is 71.2 Å². The van der Waals surface area contributed by atoms with Crippen LogP contribution in [0, 0.1) is 12.8 Å². The third-order valence-corrected chi connectivity index (χ3v) is 8.65. The zero-order valence-electron chi connectivity index (χ0n) is 18.0. The molecule has 172 valence electrons. The lowest BCUT2D eigenvalue weighted by atomic mass is 9.98. The molecular formula is C23H24N4O4S2. The maximum Gasteiger partial charge on any atom is 0.281 e. The number of nitrogens with one attached hydrogen (secondary N) is 2. The second-order valence-corrected chi connectivity index (χ2v) is 10.7. The van der Waals surface area contributed by atoms with Gasteiger partial charge in [-0.15, -0.1) is 11.3 Å². The van der Waals surface area contributed by atoms with Crippen molar-refractivity contribution >= 4 is 33.2 Å². The van der Waals surface area contributed by atoms with Gasteiger partial charge in [0.05, 0.1) is 10.6 Å². The van der Waals surface area contributed by atoms with E-state index >= 15 is 0 Å². The van der Waals surface area contributed by atoms with E-state index in [1.807, 2.05) is 30.3 Å². The van der Waals surface area contributed by atoms with Gasteiger partial charge in [0.1, 0.15) is 9.88 Å². The zero-order valence-corrected chi connectivity index (χ0v) is 19.7. The summed E-state index contributed by atoms with van der Waals surface area (Å²) in [5.74, 6) is -1.13. The van der Waals surface area contributed by atoms with E-state index in [4.69, 9.17) is 0 Å². The average molecular weight is 485 g/mol. The van der Waals surface area contributed by atoms with Crippen molar-refractivity contribution < 1.29 is 18.0 Å². The molecule has 10 heteroatoms. The third-order valence-electron chi connectivity index (χ3n) is 5.53. The average Bonchev–Trinajstić information content (AvgIpc) is 3.25. The summed E-state index contributed by atoms with van der Waals surface area (Å²) in [4.78, 5) is 30.3. The molecule has 0 bridgehead atoms. The van der Waals surface area contributed by atoms with Gasteiger partial charge in [-0.25, -0.2) is 13.4 Å². The van der Waals surface area contributed by atoms with Crippen LogP contribution in [0.25, 0.3) is 10.6 Å². The molecule has 0 unspecified atom stereocenters. The Bertz CT molecular complexity index is 1240. The van der Waals surface area contributed by atoms with Gasteiger partial charge in [0, 0.05) is 24.6 Å². The number of nitrogens with zero attached hydrogens (tertiary/aromatic N) is 2. The first-order valence-electron chi connectivity index (χ1n) is 10.5. The third kappa shape index (κ3) is 5.13. The SMILES string of the molecule is Cc1nc(-c2ccccc2)sc1C(=O)NNC(=O)C1CCN(S(=O)(=O)c2ccccc2)CC1. The fraction of sp³-hybridized carbons (Fsp3) is 0.261. The number of benzene rings is 2. The lowest BCUT2D eigenvalue weighted by Gasteiger charge is -2.30. The van der Waals surface area contributed by atoms with Crippen molar-refractivity contribution in [2.24, 2.45) is 5.92 Å². The Morgan fingerprint density at radius 2 is 1.58 bits per heavy atom. The molecule has 0 aliphatic carbocycles. The van der Waals surface area contributed by atoms with Crippen LogP contribution < -0.4 is 10.9 Å². The molecule has 4 rings (SSSR count). The van der Waals surface area contributed by atoms with E-state index in [0.717, 1.165) is 10.6 Å². The van der Waals surface area contributed by atoms with E-state index in [0.29, 0.717) is 23.4 Å². The van der Waals surface area contributed by atoms with Gasteiger partial charge in [0.15, 0.2) is 0 Å². The number of carbonyl (C=O) groups is 2. The number of piperidine rings is 1. The Morgan fingerprint density at radius 3 is 2.21 bits per heavy atom. The molecule has 0 spiro atoms. The zero-order chi connectivity index (χ0) is 23.4. The van der Waals surface area contributed by atoms with Crippen molar-refractivity contribution in [1.29, 1.82) is 0 Å². The van der Waals surface area contributed by atoms with Crippen LogP contribution in [0.5, 0.6) is 0 Å². The highest BCUT2D eigenvalue weighted by molar-refractivity contribution is 7.89. The number of hydrogen-bond donors (Lipinski definition) is 2. The number of amides is 2. The fourth-order valence-corrected chi connectivity index (χ4v) is 6.15. The van der Waals surface area contributed by atoms with Gasteiger partial charge in [-0.2, -0.15) is 4.31 Å². The van der Waals surface area contributed by atoms with Crippen molar-refractivity contribution in [3.63, 3.8) is 0 Å². The molecule has 2 amide bonds. The number of thiazole rings is 1. The van der Waals surface area contributed by atoms with E-state index in [9.17, 15) is 18.0 Å². The lowest BCUT2D eigenvalue weighted by molar-refractivity contribution is -0.126. The normalized spacial score (nSPS) is 15.2. The minimum absolute atomic E-state index is 0.245. The van der Waals surface area contributed by atoms with Crippen LogP contribution in [-0.2, 0) is 14.8 Å². The number of carbonyl (C=O) groups excluding carboxylic acids is 2. The van der Waals surface area contributed by atoms with Crippen LogP contribution in [0.3, 0.4) is 0 Å². The van der Waals surface area contributed by atoms with E-state index in [1.165, 1.54) is 15.6 Å². The number of hydrogen-bond acceptors (Lipinski definition) is 6. The van der Waals surface area contributed by atoms with Crippen LogP contribution >= 0.6 is 11.3 Å². The molecule has 1 aliphatic rings. The summed E-state index contributed by atoms with van der Waals surface area (Å²) in [7, 11) is -3.57. The Morgan fingerprint density at radius 1 is 0.970 bits per heavy atom. The van der Waals surface area contributed by atoms with E-state index in [1.54, 1.807) is 37.3 Å². The predicted octanol–water partition coefficient (Wildman–Crippen LogP) is 2.98. The summed E-state index contributed by atoms with van der Waals surface area (Å²) in [6.45, 7) is 2.25. The predicted molar refractivity (Wildman–Crippen MR) is 126 cm³/mol. The first-order valence-corrected chi connectivity index (χ1v) is 12.8. The molecule has 1 aromatic heterocycles. The van der Waals surface area contributed by atoms with Crippen LogP contribution in [0.1, 0.15) is 28.2 Å². The summed E-state index contributed by atoms with van der Waals surface area (Å²) in [6, 6.07) is 17.8. The smallest absolute Gasteiger partial charge is 0.273 e. The van der Waals surface area contributed by atoms with E-state index in [-0.39, 0.29) is 29.8 Å². The monoisotopic (exact) mass is 484 g/mol. The van der Waals surface area contributed by atoms with Crippen molar-refractivity contribution in [1.82, 2.24) is 20.1 Å². The first kappa shape index (κ1) is 23.1. The van der Waals surface area contributed by atoms with Crippen LogP contribution in [0.15, 0.2) is 65.6 Å². The summed E-state index contributed by atoms with van der Waals surface area (Å²) >= 11 is 1.26. The van der Waals surface area contributed by atoms with Gasteiger partial charge in [0.25, 0.3) is 5.91 Å². The lowest BCUT2D eigenvalue weighted by Crippen LogP contribution is -2.48. The quantitative estimate of drug-likeness (QED) is 0.541. The molecule has 2 heterocycles. The molecule has 1 saturated heterocycles. The Hall–Kier alpha value is -3.08. The van der Waals surface area contributed by atoms with Crippen LogP contribution in [0.2, 0.25) is 0 Å². The van der Waals surface area contributed by atoms with Gasteiger partial charge < -0.3 is 0 Å². The molecule has 0 atom stereocenters. The van der Waals surface area contributed by atoms with Crippen molar-refractivity contribution in [2.45, 2.75) is 24.7 Å². The summed E-state index contributed by atoms with van der Waals surface area (Å²) in [5.41, 5.74) is 6.46. The topological polar surface area (TPSA) is 108 Å². The molecule has 1 aliphatic heterocycles. The second-order valence-electron chi connectivity index (χ2n) is 7.73. The second kappa shape index (κ2) is 9.82. The van der Waals surface area contributed by atoms with Gasteiger partial charge in [-0.05, 0) is 31.9 Å². The van der Waals surface area contributed by atoms with E-state index < -0.39 is 15.9 Å². The number of aromatic nitrogens is 1. The van der Waals surface area contributed by atoms with Crippen LogP contribution in [0.4, 0.5) is 0 Å². The Balaban J connectivity index is 1.31. The molecule has 1 fully saturated rings. The number of sulfonamides is 1. The van der Waals surface area contributed by atoms with Gasteiger partial charge >= 0.3 is 0 Å². The van der Waals surface area contributed by atoms with Crippen LogP contribution in [-0.4, -0.2) is 42.6 Å². The molecule has 0 saturated carbocycles. The summed E-state index contributed by atoms with van der Waals surface area (Å²) in [6.07, 6.45) is 0.761. The summed E-state index contributed by atoms with van der Waals surface area (Å²) in [5, 5.41) is 0.733. The minimum Gasteiger partial charge on any atom is -0.273 e.